The molecule has 1 aromatic rings. The van der Waals surface area contributed by atoms with Gasteiger partial charge >= 0.3 is 0 Å². The van der Waals surface area contributed by atoms with E-state index >= 15 is 0 Å². The van der Waals surface area contributed by atoms with Gasteiger partial charge in [-0.3, -0.25) is 9.59 Å². The molecule has 2 atom stereocenters. The number of piperazine rings is 1. The Balaban J connectivity index is 1.60. The summed E-state index contributed by atoms with van der Waals surface area (Å²) in [7, 11) is 0. The highest BCUT2D eigenvalue weighted by Gasteiger charge is 2.63. The zero-order valence-electron chi connectivity index (χ0n) is 16.1. The molecule has 2 heterocycles. The van der Waals surface area contributed by atoms with Crippen molar-refractivity contribution in [1.29, 1.82) is 0 Å². The van der Waals surface area contributed by atoms with Crippen LogP contribution in [0.5, 0.6) is 0 Å². The number of carbonyl (C=O) groups is 2. The van der Waals surface area contributed by atoms with Gasteiger partial charge in [-0.1, -0.05) is 13.8 Å². The maximum Gasteiger partial charge on any atom is 0.264 e. The molecule has 3 rings (SSSR count). The van der Waals surface area contributed by atoms with Crippen LogP contribution >= 0.6 is 11.3 Å². The Morgan fingerprint density at radius 1 is 1.23 bits per heavy atom. The molecule has 1 aliphatic carbocycles. The van der Waals surface area contributed by atoms with Crippen LogP contribution in [0.15, 0.2) is 12.1 Å². The van der Waals surface area contributed by atoms with Crippen LogP contribution in [0.2, 0.25) is 0 Å². The molecule has 0 bridgehead atoms. The highest BCUT2D eigenvalue weighted by Crippen LogP contribution is 2.50. The summed E-state index contributed by atoms with van der Waals surface area (Å²) in [4.78, 5) is 31.2. The van der Waals surface area contributed by atoms with Crippen molar-refractivity contribution in [2.45, 2.75) is 45.8 Å². The number of nitrogens with two attached hydrogens (primary N) is 1. The topological polar surface area (TPSA) is 75.9 Å². The fourth-order valence-electron chi connectivity index (χ4n) is 3.90. The number of amides is 2. The van der Waals surface area contributed by atoms with Gasteiger partial charge in [-0.2, -0.15) is 0 Å². The predicted octanol–water partition coefficient (Wildman–Crippen LogP) is 1.87. The van der Waals surface area contributed by atoms with Crippen molar-refractivity contribution in [2.24, 2.45) is 11.1 Å². The summed E-state index contributed by atoms with van der Waals surface area (Å²) < 4.78 is 5.72. The highest BCUT2D eigenvalue weighted by molar-refractivity contribution is 7.13. The maximum absolute atomic E-state index is 13.1. The van der Waals surface area contributed by atoms with Crippen LogP contribution in [0.25, 0.3) is 0 Å². The number of ether oxygens (including phenoxy) is 1. The van der Waals surface area contributed by atoms with Crippen molar-refractivity contribution in [2.75, 3.05) is 32.8 Å². The number of nitrogens with zero attached hydrogens (tertiary/aromatic N) is 2. The van der Waals surface area contributed by atoms with Gasteiger partial charge in [-0.05, 0) is 26.0 Å². The average molecular weight is 380 g/mol. The number of hydrogen-bond acceptors (Lipinski definition) is 5. The third-order valence-electron chi connectivity index (χ3n) is 6.02. The highest BCUT2D eigenvalue weighted by atomic mass is 32.1. The first-order valence-electron chi connectivity index (χ1n) is 9.26. The van der Waals surface area contributed by atoms with E-state index in [1.54, 1.807) is 0 Å². The number of hydrogen-bond donors (Lipinski definition) is 1. The Morgan fingerprint density at radius 3 is 2.35 bits per heavy atom. The molecule has 7 heteroatoms. The van der Waals surface area contributed by atoms with Crippen LogP contribution in [0.4, 0.5) is 0 Å². The van der Waals surface area contributed by atoms with E-state index in [4.69, 9.17) is 10.5 Å². The van der Waals surface area contributed by atoms with Crippen LogP contribution in [-0.4, -0.2) is 66.0 Å². The minimum Gasteiger partial charge on any atom is -0.378 e. The van der Waals surface area contributed by atoms with Gasteiger partial charge in [0.2, 0.25) is 5.91 Å². The molecule has 2 fully saturated rings. The van der Waals surface area contributed by atoms with E-state index < -0.39 is 5.54 Å². The Bertz CT molecular complexity index is 694. The molecule has 1 saturated heterocycles. The Kier molecular flexibility index (Phi) is 5.16. The normalized spacial score (nSPS) is 28.0. The zero-order valence-corrected chi connectivity index (χ0v) is 16.9. The van der Waals surface area contributed by atoms with E-state index in [-0.39, 0.29) is 23.3 Å². The maximum atomic E-state index is 13.1. The van der Waals surface area contributed by atoms with Crippen molar-refractivity contribution in [1.82, 2.24) is 9.80 Å². The molecule has 2 aliphatic rings. The Hall–Kier alpha value is -1.44. The molecule has 1 saturated carbocycles. The second-order valence-electron chi connectivity index (χ2n) is 7.84. The molecule has 0 spiro atoms. The summed E-state index contributed by atoms with van der Waals surface area (Å²) in [6, 6.07) is 3.84. The molecular formula is C19H29N3O3S. The summed E-state index contributed by atoms with van der Waals surface area (Å²) in [5, 5.41) is 0. The van der Waals surface area contributed by atoms with E-state index in [9.17, 15) is 9.59 Å². The van der Waals surface area contributed by atoms with Crippen molar-refractivity contribution >= 4 is 23.2 Å². The zero-order chi connectivity index (χ0) is 19.1. The van der Waals surface area contributed by atoms with Crippen molar-refractivity contribution in [3.63, 3.8) is 0 Å². The molecule has 0 aromatic carbocycles. The lowest BCUT2D eigenvalue weighted by molar-refractivity contribution is -0.180. The summed E-state index contributed by atoms with van der Waals surface area (Å²) in [6.07, 6.45) is 0.576. The molecule has 0 radical (unpaired) electrons. The first-order valence-corrected chi connectivity index (χ1v) is 10.1. The Labute approximate surface area is 159 Å². The largest absolute Gasteiger partial charge is 0.378 e. The number of aryl methyl sites for hydroxylation is 1. The lowest BCUT2D eigenvalue weighted by Crippen LogP contribution is -2.76. The molecule has 1 aromatic heterocycles. The lowest BCUT2D eigenvalue weighted by atomic mass is 9.54. The second-order valence-corrected chi connectivity index (χ2v) is 9.12. The molecule has 2 N–H and O–H groups in total. The third-order valence-corrected chi connectivity index (χ3v) is 7.01. The smallest absolute Gasteiger partial charge is 0.264 e. The second kappa shape index (κ2) is 6.94. The molecule has 6 nitrogen and oxygen atoms in total. The molecule has 1 aliphatic heterocycles. The third kappa shape index (κ3) is 3.06. The van der Waals surface area contributed by atoms with Gasteiger partial charge < -0.3 is 20.3 Å². The minimum absolute atomic E-state index is 0.0162. The van der Waals surface area contributed by atoms with Crippen LogP contribution in [0, 0.1) is 12.3 Å². The predicted molar refractivity (Wildman–Crippen MR) is 102 cm³/mol. The van der Waals surface area contributed by atoms with Gasteiger partial charge in [0.25, 0.3) is 5.91 Å². The molecule has 26 heavy (non-hydrogen) atoms. The fourth-order valence-corrected chi connectivity index (χ4v) is 4.73. The van der Waals surface area contributed by atoms with Crippen LogP contribution in [0.3, 0.4) is 0 Å². The van der Waals surface area contributed by atoms with Crippen LogP contribution in [-0.2, 0) is 9.53 Å². The first kappa shape index (κ1) is 19.3. The van der Waals surface area contributed by atoms with E-state index in [1.165, 1.54) is 11.3 Å². The van der Waals surface area contributed by atoms with Crippen molar-refractivity contribution in [3.8, 4) is 0 Å². The van der Waals surface area contributed by atoms with Crippen molar-refractivity contribution < 1.29 is 14.3 Å². The standard InChI is InChI=1S/C19H29N3O3S/c1-5-25-15-12-19(20,18(15,3)4)17(24)22-10-8-21(9-11-22)16(23)14-7-6-13(2)26-14/h6-7,15H,5,8-12,20H2,1-4H3. The molecule has 2 unspecified atom stereocenters. The number of thiophene rings is 1. The van der Waals surface area contributed by atoms with E-state index in [0.29, 0.717) is 39.2 Å². The van der Waals surface area contributed by atoms with Gasteiger partial charge in [0.15, 0.2) is 0 Å². The fraction of sp³-hybridized carbons (Fsp3) is 0.684. The first-order chi connectivity index (χ1) is 12.2. The molecule has 2 amide bonds. The molecule has 144 valence electrons. The average Bonchev–Trinajstić information content (AvgIpc) is 3.06. The van der Waals surface area contributed by atoms with Gasteiger partial charge in [-0.15, -0.1) is 11.3 Å². The number of carbonyl (C=O) groups excluding carboxylic acids is 2. The van der Waals surface area contributed by atoms with Gasteiger partial charge in [-0.25, -0.2) is 0 Å². The summed E-state index contributed by atoms with van der Waals surface area (Å²) >= 11 is 1.51. The monoisotopic (exact) mass is 379 g/mol. The van der Waals surface area contributed by atoms with Crippen LogP contribution in [0.1, 0.15) is 41.7 Å². The quantitative estimate of drug-likeness (QED) is 0.867. The van der Waals surface area contributed by atoms with Gasteiger partial charge in [0, 0.05) is 49.5 Å². The van der Waals surface area contributed by atoms with Gasteiger partial charge in [0.05, 0.1) is 11.0 Å². The Morgan fingerprint density at radius 2 is 1.85 bits per heavy atom. The minimum atomic E-state index is -0.885. The summed E-state index contributed by atoms with van der Waals surface area (Å²) in [6.45, 7) is 10.8. The van der Waals surface area contributed by atoms with Crippen molar-refractivity contribution in [3.05, 3.63) is 21.9 Å². The van der Waals surface area contributed by atoms with E-state index in [1.807, 2.05) is 49.6 Å². The summed E-state index contributed by atoms with van der Waals surface area (Å²) in [5.41, 5.74) is 5.24. The summed E-state index contributed by atoms with van der Waals surface area (Å²) in [5.74, 6) is 0.0376. The lowest BCUT2D eigenvalue weighted by Gasteiger charge is -2.59. The molecular weight excluding hydrogens is 350 g/mol. The SMILES string of the molecule is CCOC1CC(N)(C(=O)N2CCN(C(=O)c3ccc(C)s3)CC2)C1(C)C. The number of rotatable bonds is 4. The van der Waals surface area contributed by atoms with Gasteiger partial charge in [0.1, 0.15) is 5.54 Å². The van der Waals surface area contributed by atoms with E-state index in [2.05, 4.69) is 0 Å². The van der Waals surface area contributed by atoms with E-state index in [0.717, 1.165) is 9.75 Å². The van der Waals surface area contributed by atoms with Crippen LogP contribution < -0.4 is 5.73 Å².